The van der Waals surface area contributed by atoms with E-state index in [-0.39, 0.29) is 45.1 Å². The summed E-state index contributed by atoms with van der Waals surface area (Å²) in [4.78, 5) is 50.6. The summed E-state index contributed by atoms with van der Waals surface area (Å²) in [7, 11) is 0.832. The van der Waals surface area contributed by atoms with Crippen LogP contribution in [-0.4, -0.2) is 89.8 Å². The largest absolute Gasteiger partial charge is 0.468 e. The van der Waals surface area contributed by atoms with E-state index in [0.717, 1.165) is 13.1 Å². The van der Waals surface area contributed by atoms with Crippen LogP contribution < -0.4 is 0 Å². The Morgan fingerprint density at radius 3 is 2.15 bits per heavy atom. The number of rotatable bonds is 9. The molecule has 2 aromatic rings. The van der Waals surface area contributed by atoms with Gasteiger partial charge >= 0.3 is 11.9 Å². The minimum Gasteiger partial charge on any atom is -0.468 e. The van der Waals surface area contributed by atoms with Gasteiger partial charge < -0.3 is 14.4 Å². The third-order valence-corrected chi connectivity index (χ3v) is 11.1. The van der Waals surface area contributed by atoms with E-state index in [1.165, 1.54) is 46.3 Å². The molecule has 246 valence electrons. The Kier molecular flexibility index (Phi) is 11.7. The highest BCUT2D eigenvalue weighted by Crippen LogP contribution is 2.46. The fourth-order valence-electron chi connectivity index (χ4n) is 6.80. The molecule has 1 aliphatic carbocycles. The first kappa shape index (κ1) is 34.3. The first-order valence-electron chi connectivity index (χ1n) is 15.6. The molecule has 3 aliphatic rings. The number of hydrogen-bond donors (Lipinski definition) is 0. The van der Waals surface area contributed by atoms with Crippen LogP contribution in [0.5, 0.6) is 0 Å². The average Bonchev–Trinajstić information content (AvgIpc) is 3.08. The minimum absolute atomic E-state index is 0.00511. The molecule has 9 nitrogen and oxygen atoms in total. The van der Waals surface area contributed by atoms with Crippen LogP contribution in [0.15, 0.2) is 69.7 Å². The van der Waals surface area contributed by atoms with Crippen molar-refractivity contribution >= 4 is 57.6 Å². The molecule has 46 heavy (non-hydrogen) atoms. The molecule has 0 spiro atoms. The first-order chi connectivity index (χ1) is 22.2. The van der Waals surface area contributed by atoms with Gasteiger partial charge in [0.15, 0.2) is 0 Å². The maximum Gasteiger partial charge on any atom is 0.336 e. The Morgan fingerprint density at radius 2 is 1.54 bits per heavy atom. The van der Waals surface area contributed by atoms with Gasteiger partial charge in [-0.25, -0.2) is 4.79 Å². The number of carbonyl (C=O) groups is 3. The molecule has 0 radical (unpaired) electrons. The lowest BCUT2D eigenvalue weighted by atomic mass is 9.74. The van der Waals surface area contributed by atoms with Crippen molar-refractivity contribution in [3.8, 4) is 0 Å². The highest BCUT2D eigenvalue weighted by atomic mass is 35.5. The smallest absolute Gasteiger partial charge is 0.336 e. The van der Waals surface area contributed by atoms with Crippen molar-refractivity contribution < 1.29 is 28.1 Å². The van der Waals surface area contributed by atoms with Crippen molar-refractivity contribution in [1.29, 1.82) is 0 Å². The molecule has 0 bridgehead atoms. The number of halogens is 2. The van der Waals surface area contributed by atoms with E-state index >= 15 is 0 Å². The van der Waals surface area contributed by atoms with Crippen LogP contribution in [0.4, 0.5) is 0 Å². The first-order valence-corrected chi connectivity index (χ1v) is 17.7. The van der Waals surface area contributed by atoms with E-state index in [1.807, 2.05) is 6.07 Å². The topological polar surface area (TPSA) is 106 Å². The van der Waals surface area contributed by atoms with E-state index in [9.17, 15) is 18.6 Å². The average molecular weight is 689 g/mol. The summed E-state index contributed by atoms with van der Waals surface area (Å²) in [5, 5.41) is 0.422. The minimum atomic E-state index is -1.62. The van der Waals surface area contributed by atoms with Gasteiger partial charge in [0.05, 0.1) is 48.5 Å². The molecule has 5 rings (SSSR count). The second-order valence-corrected chi connectivity index (χ2v) is 14.0. The molecule has 1 amide bonds. The van der Waals surface area contributed by atoms with E-state index < -0.39 is 34.6 Å². The van der Waals surface area contributed by atoms with E-state index in [1.54, 1.807) is 47.4 Å². The zero-order valence-electron chi connectivity index (χ0n) is 26.1. The second-order valence-electron chi connectivity index (χ2n) is 11.8. The van der Waals surface area contributed by atoms with Gasteiger partial charge in [-0.05, 0) is 42.7 Å². The fourth-order valence-corrected chi connectivity index (χ4v) is 8.53. The highest BCUT2D eigenvalue weighted by molar-refractivity contribution is 7.85. The van der Waals surface area contributed by atoms with E-state index in [0.29, 0.717) is 29.6 Å². The van der Waals surface area contributed by atoms with E-state index in [2.05, 4.69) is 4.90 Å². The fraction of sp³-hybridized carbons (Fsp3) is 0.471. The molecule has 2 fully saturated rings. The Labute approximate surface area is 282 Å². The Morgan fingerprint density at radius 1 is 0.891 bits per heavy atom. The lowest BCUT2D eigenvalue weighted by Crippen LogP contribution is -2.53. The Balaban J connectivity index is 1.54. The third-order valence-electron chi connectivity index (χ3n) is 9.13. The number of carbonyl (C=O) groups excluding carboxylic acids is 3. The Bertz CT molecular complexity index is 1510. The number of esters is 2. The number of benzene rings is 2. The summed E-state index contributed by atoms with van der Waals surface area (Å²) in [5.74, 6) is -4.16. The van der Waals surface area contributed by atoms with Crippen molar-refractivity contribution in [3.05, 3.63) is 75.4 Å². The van der Waals surface area contributed by atoms with Crippen molar-refractivity contribution in [1.82, 2.24) is 9.80 Å². The molecule has 3 atom stereocenters. The van der Waals surface area contributed by atoms with Crippen molar-refractivity contribution in [3.63, 3.8) is 0 Å². The molecule has 0 aromatic heterocycles. The summed E-state index contributed by atoms with van der Waals surface area (Å²) < 4.78 is 24.0. The number of amides is 1. The second kappa shape index (κ2) is 15.7. The monoisotopic (exact) mass is 687 g/mol. The van der Waals surface area contributed by atoms with E-state index in [4.69, 9.17) is 37.7 Å². The van der Waals surface area contributed by atoms with Gasteiger partial charge in [0.1, 0.15) is 5.92 Å². The third kappa shape index (κ3) is 7.56. The van der Waals surface area contributed by atoms with Gasteiger partial charge in [-0.2, -0.15) is 0 Å². The van der Waals surface area contributed by atoms with Gasteiger partial charge in [0, 0.05) is 58.8 Å². The van der Waals surface area contributed by atoms with Crippen LogP contribution in [0.3, 0.4) is 0 Å². The van der Waals surface area contributed by atoms with Crippen LogP contribution >= 0.6 is 23.2 Å². The van der Waals surface area contributed by atoms with Gasteiger partial charge in [0.2, 0.25) is 5.91 Å². The summed E-state index contributed by atoms with van der Waals surface area (Å²) in [6, 6.07) is 14.2. The molecule has 2 heterocycles. The molecule has 2 aliphatic heterocycles. The number of ether oxygens (including phenoxy) is 2. The van der Waals surface area contributed by atoms with Gasteiger partial charge in [-0.3, -0.25) is 23.7 Å². The van der Waals surface area contributed by atoms with Crippen LogP contribution in [0.1, 0.15) is 50.0 Å². The molecule has 1 saturated heterocycles. The number of methoxy groups -OCH3 is 2. The standard InChI is InChI=1S/C34H39Cl2N3O6S/c1-44-33(41)30-26(20-28(40)39-18-16-38(17-19-39)22-10-5-3-6-11-22)37-27(21-46(43)23-12-7-4-8-13-23)31(34(42)45-2)32(30)29-24(35)14-9-15-25(29)36/h4,7-9,12-15,22,30,32H,3,5-6,10-11,16-21H2,1-2H3. The lowest BCUT2D eigenvalue weighted by Gasteiger charge is -2.41. The maximum atomic E-state index is 13.9. The Hall–Kier alpha value is -3.05. The summed E-state index contributed by atoms with van der Waals surface area (Å²) in [5.41, 5.74) is 0.625. The maximum absolute atomic E-state index is 13.9. The predicted octanol–water partition coefficient (Wildman–Crippen LogP) is 5.42. The molecular formula is C34H39Cl2N3O6S. The van der Waals surface area contributed by atoms with Gasteiger partial charge in [-0.1, -0.05) is 66.7 Å². The van der Waals surface area contributed by atoms with Crippen LogP contribution in [0.25, 0.3) is 0 Å². The zero-order chi connectivity index (χ0) is 32.8. The normalized spacial score (nSPS) is 21.8. The highest BCUT2D eigenvalue weighted by Gasteiger charge is 2.46. The lowest BCUT2D eigenvalue weighted by molar-refractivity contribution is -0.143. The quantitative estimate of drug-likeness (QED) is 0.324. The molecule has 2 aromatic carbocycles. The molecule has 12 heteroatoms. The van der Waals surface area contributed by atoms with Crippen LogP contribution in [0, 0.1) is 5.92 Å². The number of hydrogen-bond acceptors (Lipinski definition) is 8. The molecular weight excluding hydrogens is 649 g/mol. The van der Waals surface area contributed by atoms with Crippen molar-refractivity contribution in [2.24, 2.45) is 10.9 Å². The SMILES string of the molecule is COC(=O)C1=C(CS(=O)c2ccccc2)N=C(CC(=O)N2CCN(C3CCCCC3)CC2)C(C(=O)OC)C1c1c(Cl)cccc1Cl. The van der Waals surface area contributed by atoms with Crippen LogP contribution in [-0.2, 0) is 34.7 Å². The van der Waals surface area contributed by atoms with Crippen molar-refractivity contribution in [2.75, 3.05) is 46.2 Å². The van der Waals surface area contributed by atoms with Gasteiger partial charge in [-0.15, -0.1) is 0 Å². The number of aliphatic imine (C=N–C) groups is 1. The van der Waals surface area contributed by atoms with Crippen molar-refractivity contribution in [2.45, 2.75) is 55.4 Å². The number of piperazine rings is 1. The summed E-state index contributed by atoms with van der Waals surface area (Å²) in [6.07, 6.45) is 5.96. The molecule has 3 unspecified atom stereocenters. The number of nitrogens with zero attached hydrogens (tertiary/aromatic N) is 3. The zero-order valence-corrected chi connectivity index (χ0v) is 28.4. The predicted molar refractivity (Wildman–Crippen MR) is 179 cm³/mol. The van der Waals surface area contributed by atoms with Gasteiger partial charge in [0.25, 0.3) is 0 Å². The molecule has 1 saturated carbocycles. The van der Waals surface area contributed by atoms with Crippen LogP contribution in [0.2, 0.25) is 10.0 Å². The summed E-state index contributed by atoms with van der Waals surface area (Å²) in [6.45, 7) is 2.71. The summed E-state index contributed by atoms with van der Waals surface area (Å²) >= 11 is 13.4. The molecule has 0 N–H and O–H groups in total.